The largest absolute Gasteiger partial charge is 0.381 e. The summed E-state index contributed by atoms with van der Waals surface area (Å²) >= 11 is 0. The average molecular weight is 389 g/mol. The predicted octanol–water partition coefficient (Wildman–Crippen LogP) is 4.71. The second kappa shape index (κ2) is 12.4. The van der Waals surface area contributed by atoms with Crippen molar-refractivity contribution < 1.29 is 18.3 Å². The number of aldehydes is 1. The van der Waals surface area contributed by atoms with E-state index in [1.807, 2.05) is 7.05 Å². The molecule has 3 nitrogen and oxygen atoms in total. The molecule has 1 N–H and O–H groups in total. The molecule has 2 aromatic rings. The standard InChI is InChI=1S/C16H17F2N.C7H12O2/c1-19-11-10-16(12-2-6-14(17)7-3-12)13-4-8-15(18)9-5-13;8-4-1-7-2-5-9-6-3-7/h2-9,16,19H,10-11H2,1H3;4,7H,1-3,5-6H2. The smallest absolute Gasteiger partial charge is 0.123 e. The summed E-state index contributed by atoms with van der Waals surface area (Å²) in [6.07, 6.45) is 4.75. The van der Waals surface area contributed by atoms with Gasteiger partial charge in [0.05, 0.1) is 0 Å². The van der Waals surface area contributed by atoms with Crippen molar-refractivity contribution >= 4 is 6.29 Å². The molecule has 28 heavy (non-hydrogen) atoms. The van der Waals surface area contributed by atoms with Crippen molar-refractivity contribution in [3.8, 4) is 0 Å². The van der Waals surface area contributed by atoms with Crippen molar-refractivity contribution in [3.05, 3.63) is 71.3 Å². The lowest BCUT2D eigenvalue weighted by Crippen LogP contribution is -2.15. The molecular weight excluding hydrogens is 360 g/mol. The molecule has 0 radical (unpaired) electrons. The Morgan fingerprint density at radius 3 is 1.93 bits per heavy atom. The monoisotopic (exact) mass is 389 g/mol. The Balaban J connectivity index is 0.000000261. The molecule has 1 saturated heterocycles. The van der Waals surface area contributed by atoms with E-state index >= 15 is 0 Å². The summed E-state index contributed by atoms with van der Waals surface area (Å²) in [6.45, 7) is 2.54. The molecule has 2 aromatic carbocycles. The summed E-state index contributed by atoms with van der Waals surface area (Å²) < 4.78 is 31.1. The van der Waals surface area contributed by atoms with Crippen LogP contribution < -0.4 is 5.32 Å². The van der Waals surface area contributed by atoms with Crippen LogP contribution in [0.5, 0.6) is 0 Å². The molecule has 0 bridgehead atoms. The van der Waals surface area contributed by atoms with Gasteiger partial charge in [0.25, 0.3) is 0 Å². The van der Waals surface area contributed by atoms with E-state index in [2.05, 4.69) is 5.32 Å². The topological polar surface area (TPSA) is 38.3 Å². The molecule has 152 valence electrons. The molecule has 0 spiro atoms. The van der Waals surface area contributed by atoms with Gasteiger partial charge in [0.1, 0.15) is 17.9 Å². The average Bonchev–Trinajstić information content (AvgIpc) is 2.72. The predicted molar refractivity (Wildman–Crippen MR) is 107 cm³/mol. The van der Waals surface area contributed by atoms with Gasteiger partial charge in [-0.2, -0.15) is 0 Å². The fourth-order valence-corrected chi connectivity index (χ4v) is 3.32. The zero-order chi connectivity index (χ0) is 20.2. The first-order valence-corrected chi connectivity index (χ1v) is 9.81. The number of hydrogen-bond acceptors (Lipinski definition) is 3. The number of rotatable bonds is 7. The summed E-state index contributed by atoms with van der Waals surface area (Å²) in [5.74, 6) is 0.273. The summed E-state index contributed by atoms with van der Waals surface area (Å²) in [7, 11) is 1.90. The van der Waals surface area contributed by atoms with E-state index in [9.17, 15) is 13.6 Å². The van der Waals surface area contributed by atoms with E-state index < -0.39 is 0 Å². The Morgan fingerprint density at radius 2 is 1.50 bits per heavy atom. The van der Waals surface area contributed by atoms with E-state index in [0.29, 0.717) is 5.92 Å². The highest BCUT2D eigenvalue weighted by Gasteiger charge is 2.14. The fraction of sp³-hybridized carbons (Fsp3) is 0.435. The highest BCUT2D eigenvalue weighted by Crippen LogP contribution is 2.28. The van der Waals surface area contributed by atoms with Gasteiger partial charge >= 0.3 is 0 Å². The first-order chi connectivity index (χ1) is 13.6. The van der Waals surface area contributed by atoms with Gasteiger partial charge in [0.15, 0.2) is 0 Å². The molecule has 3 rings (SSSR count). The maximum atomic E-state index is 13.0. The van der Waals surface area contributed by atoms with Crippen molar-refractivity contribution in [1.29, 1.82) is 0 Å². The molecule has 0 atom stereocenters. The first kappa shape index (κ1) is 22.2. The Morgan fingerprint density at radius 1 is 1.00 bits per heavy atom. The number of nitrogens with one attached hydrogen (secondary N) is 1. The number of carbonyl (C=O) groups excluding carboxylic acids is 1. The van der Waals surface area contributed by atoms with Gasteiger partial charge in [-0.1, -0.05) is 24.3 Å². The van der Waals surface area contributed by atoms with Gasteiger partial charge in [0, 0.05) is 25.6 Å². The number of hydrogen-bond donors (Lipinski definition) is 1. The zero-order valence-electron chi connectivity index (χ0n) is 16.4. The van der Waals surface area contributed by atoms with Gasteiger partial charge in [-0.05, 0) is 74.2 Å². The quantitative estimate of drug-likeness (QED) is 0.697. The third-order valence-electron chi connectivity index (χ3n) is 5.00. The number of ether oxygens (including phenoxy) is 1. The molecule has 0 amide bonds. The third kappa shape index (κ3) is 7.49. The van der Waals surface area contributed by atoms with Crippen molar-refractivity contribution in [2.45, 2.75) is 31.6 Å². The van der Waals surface area contributed by atoms with E-state index in [1.165, 1.54) is 24.3 Å². The number of carbonyl (C=O) groups is 1. The van der Waals surface area contributed by atoms with Crippen LogP contribution in [-0.2, 0) is 9.53 Å². The van der Waals surface area contributed by atoms with Crippen molar-refractivity contribution in [1.82, 2.24) is 5.32 Å². The van der Waals surface area contributed by atoms with Crippen LogP contribution in [0.1, 0.15) is 42.7 Å². The molecule has 5 heteroatoms. The van der Waals surface area contributed by atoms with Gasteiger partial charge in [-0.25, -0.2) is 8.78 Å². The maximum absolute atomic E-state index is 13.0. The van der Waals surface area contributed by atoms with Gasteiger partial charge < -0.3 is 14.8 Å². The molecule has 1 fully saturated rings. The Hall–Kier alpha value is -2.11. The fourth-order valence-electron chi connectivity index (χ4n) is 3.32. The zero-order valence-corrected chi connectivity index (χ0v) is 16.4. The highest BCUT2D eigenvalue weighted by molar-refractivity contribution is 5.49. The molecule has 0 aliphatic carbocycles. The van der Waals surface area contributed by atoms with Crippen LogP contribution in [0.2, 0.25) is 0 Å². The maximum Gasteiger partial charge on any atom is 0.123 e. The van der Waals surface area contributed by atoms with E-state index in [0.717, 1.165) is 62.9 Å². The van der Waals surface area contributed by atoms with Crippen molar-refractivity contribution in [2.24, 2.45) is 5.92 Å². The van der Waals surface area contributed by atoms with Crippen LogP contribution in [-0.4, -0.2) is 33.1 Å². The van der Waals surface area contributed by atoms with Crippen LogP contribution in [0.4, 0.5) is 8.78 Å². The Bertz CT molecular complexity index is 637. The van der Waals surface area contributed by atoms with Crippen LogP contribution in [0.15, 0.2) is 48.5 Å². The second-order valence-corrected chi connectivity index (χ2v) is 7.01. The molecule has 1 heterocycles. The lowest BCUT2D eigenvalue weighted by atomic mass is 9.88. The first-order valence-electron chi connectivity index (χ1n) is 9.81. The normalized spacial score (nSPS) is 14.4. The summed E-state index contributed by atoms with van der Waals surface area (Å²) in [6, 6.07) is 13.0. The van der Waals surface area contributed by atoms with Crippen LogP contribution in [0, 0.1) is 17.6 Å². The number of benzene rings is 2. The number of halogens is 2. The van der Waals surface area contributed by atoms with E-state index in [-0.39, 0.29) is 17.6 Å². The van der Waals surface area contributed by atoms with Gasteiger partial charge in [-0.3, -0.25) is 0 Å². The summed E-state index contributed by atoms with van der Waals surface area (Å²) in [4.78, 5) is 10.0. The van der Waals surface area contributed by atoms with Crippen molar-refractivity contribution in [3.63, 3.8) is 0 Å². The van der Waals surface area contributed by atoms with Crippen LogP contribution in [0.25, 0.3) is 0 Å². The minimum Gasteiger partial charge on any atom is -0.381 e. The third-order valence-corrected chi connectivity index (χ3v) is 5.00. The molecule has 1 aliphatic heterocycles. The van der Waals surface area contributed by atoms with Gasteiger partial charge in [0.2, 0.25) is 0 Å². The van der Waals surface area contributed by atoms with Gasteiger partial charge in [-0.15, -0.1) is 0 Å². The Labute approximate surface area is 166 Å². The Kier molecular flexibility index (Phi) is 9.80. The summed E-state index contributed by atoms with van der Waals surface area (Å²) in [5, 5.41) is 3.11. The SMILES string of the molecule is CNCCC(c1ccc(F)cc1)c1ccc(F)cc1.O=CCC1CCOCC1. The van der Waals surface area contributed by atoms with Crippen LogP contribution in [0.3, 0.4) is 0 Å². The minimum absolute atomic E-state index is 0.147. The van der Waals surface area contributed by atoms with Crippen LogP contribution >= 0.6 is 0 Å². The summed E-state index contributed by atoms with van der Waals surface area (Å²) in [5.41, 5.74) is 2.09. The lowest BCUT2D eigenvalue weighted by Gasteiger charge is -2.19. The highest BCUT2D eigenvalue weighted by atomic mass is 19.1. The molecule has 0 unspecified atom stereocenters. The van der Waals surface area contributed by atoms with E-state index in [1.54, 1.807) is 24.3 Å². The van der Waals surface area contributed by atoms with E-state index in [4.69, 9.17) is 4.74 Å². The second-order valence-electron chi connectivity index (χ2n) is 7.01. The molecular formula is C23H29F2NO2. The lowest BCUT2D eigenvalue weighted by molar-refractivity contribution is -0.109. The molecule has 0 saturated carbocycles. The molecule has 1 aliphatic rings. The van der Waals surface area contributed by atoms with Crippen molar-refractivity contribution in [2.75, 3.05) is 26.8 Å². The minimum atomic E-state index is -0.241. The molecule has 0 aromatic heterocycles.